The first-order valence-electron chi connectivity index (χ1n) is 20.4. The van der Waals surface area contributed by atoms with Crippen LogP contribution in [-0.2, 0) is 14.2 Å². The fourth-order valence-corrected chi connectivity index (χ4v) is 5.19. The van der Waals surface area contributed by atoms with Crippen LogP contribution < -0.4 is 68.5 Å². The molecule has 0 saturated carbocycles. The van der Waals surface area contributed by atoms with Crippen molar-refractivity contribution in [3.63, 3.8) is 0 Å². The number of nitrogens with zero attached hydrogens (tertiary/aromatic N) is 2. The summed E-state index contributed by atoms with van der Waals surface area (Å²) in [4.78, 5) is 37.8. The number of amides is 6. The van der Waals surface area contributed by atoms with Crippen LogP contribution in [0.5, 0.6) is 5.75 Å². The molecule has 0 bridgehead atoms. The smallest absolute Gasteiger partial charge is 0.319 e. The molecule has 21 heteroatoms. The number of carbonyl (C=O) groups is 3. The van der Waals surface area contributed by atoms with Crippen molar-refractivity contribution < 1.29 is 33.3 Å². The highest BCUT2D eigenvalue weighted by molar-refractivity contribution is 5.94. The van der Waals surface area contributed by atoms with E-state index in [9.17, 15) is 14.4 Å². The molecule has 6 amide bonds. The van der Waals surface area contributed by atoms with Gasteiger partial charge in [-0.05, 0) is 89.0 Å². The fraction of sp³-hybridized carbons (Fsp3) is 0.488. The molecule has 62 heavy (non-hydrogen) atoms. The van der Waals surface area contributed by atoms with Crippen LogP contribution in [0.2, 0.25) is 0 Å². The topological polar surface area (TPSA) is 280 Å². The number of rotatable bonds is 32. The molecular weight excluding hydrogens is 801 g/mol. The van der Waals surface area contributed by atoms with Crippen LogP contribution in [0.3, 0.4) is 0 Å². The van der Waals surface area contributed by atoms with Crippen LogP contribution in [0.25, 0.3) is 0 Å². The molecular formula is C41H64N14O7. The Labute approximate surface area is 364 Å². The van der Waals surface area contributed by atoms with Gasteiger partial charge < -0.3 is 77.4 Å². The van der Waals surface area contributed by atoms with Gasteiger partial charge in [-0.1, -0.05) is 18.2 Å². The van der Waals surface area contributed by atoms with E-state index in [1.54, 1.807) is 88.9 Å². The van der Waals surface area contributed by atoms with Crippen LogP contribution in [0.15, 0.2) is 61.0 Å². The van der Waals surface area contributed by atoms with Crippen molar-refractivity contribution >= 4 is 35.2 Å². The molecule has 0 spiro atoms. The highest BCUT2D eigenvalue weighted by Gasteiger charge is 2.14. The third kappa shape index (κ3) is 24.7. The Balaban J connectivity index is 1.48. The molecule has 0 fully saturated rings. The average molecular weight is 865 g/mol. The molecule has 2 unspecified atom stereocenters. The quantitative estimate of drug-likeness (QED) is 0.0286. The molecule has 0 heterocycles. The number of nitrogens with one attached hydrogen (secondary N) is 12. The number of hydrogen-bond donors (Lipinski definition) is 12. The molecule has 0 aliphatic heterocycles. The van der Waals surface area contributed by atoms with Crippen LogP contribution in [0.4, 0.5) is 31.4 Å². The van der Waals surface area contributed by atoms with E-state index in [4.69, 9.17) is 24.7 Å². The van der Waals surface area contributed by atoms with E-state index in [2.05, 4.69) is 68.5 Å². The van der Waals surface area contributed by atoms with E-state index in [-0.39, 0.29) is 37.9 Å². The first-order valence-corrected chi connectivity index (χ1v) is 20.4. The van der Waals surface area contributed by atoms with Gasteiger partial charge in [-0.3, -0.25) is 5.32 Å². The SMILES string of the molecule is Cc1c(NC(=O)NCCCNCN/C=C/CNCNCCOCCNCN/C=C/COC#N)cccc1NC(=O)NC(C)COCC(C)NC(=O)Nc1cccc(OC#N)c1C. The lowest BCUT2D eigenvalue weighted by Gasteiger charge is -2.19. The van der Waals surface area contributed by atoms with Crippen molar-refractivity contribution in [2.45, 2.75) is 46.2 Å². The van der Waals surface area contributed by atoms with Crippen molar-refractivity contribution in [1.82, 2.24) is 47.9 Å². The summed E-state index contributed by atoms with van der Waals surface area (Å²) < 4.78 is 20.7. The lowest BCUT2D eigenvalue weighted by atomic mass is 10.1. The molecule has 2 aromatic rings. The number of benzene rings is 2. The normalized spacial score (nSPS) is 11.8. The summed E-state index contributed by atoms with van der Waals surface area (Å²) in [5.41, 5.74) is 2.93. The molecule has 0 aliphatic carbocycles. The van der Waals surface area contributed by atoms with Crippen molar-refractivity contribution in [2.75, 3.05) is 102 Å². The fourth-order valence-electron chi connectivity index (χ4n) is 5.19. The van der Waals surface area contributed by atoms with Crippen molar-refractivity contribution in [3.05, 3.63) is 72.1 Å². The minimum atomic E-state index is -0.439. The maximum atomic E-state index is 12.7. The van der Waals surface area contributed by atoms with Crippen LogP contribution in [0, 0.1) is 36.9 Å². The van der Waals surface area contributed by atoms with Gasteiger partial charge in [-0.25, -0.2) is 14.4 Å². The van der Waals surface area contributed by atoms with Crippen molar-refractivity contribution in [1.29, 1.82) is 10.5 Å². The van der Waals surface area contributed by atoms with Gasteiger partial charge in [0.2, 0.25) is 0 Å². The van der Waals surface area contributed by atoms with E-state index in [0.29, 0.717) is 86.8 Å². The zero-order chi connectivity index (χ0) is 45.0. The highest BCUT2D eigenvalue weighted by atomic mass is 16.5. The molecule has 0 radical (unpaired) electrons. The first kappa shape index (κ1) is 51.8. The molecule has 0 aromatic heterocycles. The molecule has 21 nitrogen and oxygen atoms in total. The summed E-state index contributed by atoms with van der Waals surface area (Å²) in [6.45, 7) is 14.2. The van der Waals surface area contributed by atoms with Crippen LogP contribution in [-0.4, -0.2) is 116 Å². The Morgan fingerprint density at radius 1 is 0.661 bits per heavy atom. The van der Waals surface area contributed by atoms with Crippen LogP contribution >= 0.6 is 0 Å². The zero-order valence-corrected chi connectivity index (χ0v) is 36.1. The Bertz CT molecular complexity index is 1750. The van der Waals surface area contributed by atoms with E-state index >= 15 is 0 Å². The third-order valence-corrected chi connectivity index (χ3v) is 8.35. The first-order chi connectivity index (χ1) is 30.1. The maximum Gasteiger partial charge on any atom is 0.319 e. The number of urea groups is 3. The Morgan fingerprint density at radius 3 is 1.85 bits per heavy atom. The lowest BCUT2D eigenvalue weighted by Crippen LogP contribution is -2.42. The zero-order valence-electron chi connectivity index (χ0n) is 36.1. The van der Waals surface area contributed by atoms with E-state index in [0.717, 1.165) is 19.5 Å². The van der Waals surface area contributed by atoms with E-state index < -0.39 is 12.1 Å². The summed E-state index contributed by atoms with van der Waals surface area (Å²) in [7, 11) is 0. The number of carbonyl (C=O) groups excluding carboxylic acids is 3. The number of ether oxygens (including phenoxy) is 4. The molecule has 2 aromatic carbocycles. The largest absolute Gasteiger partial charge is 0.423 e. The molecule has 2 atom stereocenters. The minimum absolute atomic E-state index is 0.204. The Morgan fingerprint density at radius 2 is 1.23 bits per heavy atom. The summed E-state index contributed by atoms with van der Waals surface area (Å²) in [6.07, 6.45) is 11.3. The molecule has 0 saturated heterocycles. The second-order valence-electron chi connectivity index (χ2n) is 13.6. The second-order valence-corrected chi connectivity index (χ2v) is 13.6. The van der Waals surface area contributed by atoms with E-state index in [1.807, 2.05) is 12.3 Å². The van der Waals surface area contributed by atoms with Crippen molar-refractivity contribution in [3.8, 4) is 18.3 Å². The number of hydrogen-bond acceptors (Lipinski definition) is 15. The Kier molecular flexibility index (Phi) is 27.9. The summed E-state index contributed by atoms with van der Waals surface area (Å²) >= 11 is 0. The van der Waals surface area contributed by atoms with Gasteiger partial charge in [-0.2, -0.15) is 5.26 Å². The minimum Gasteiger partial charge on any atom is -0.423 e. The predicted octanol–water partition coefficient (Wildman–Crippen LogP) is 2.36. The van der Waals surface area contributed by atoms with Gasteiger partial charge in [0.25, 0.3) is 12.5 Å². The average Bonchev–Trinajstić information content (AvgIpc) is 3.23. The maximum absolute atomic E-state index is 12.7. The predicted molar refractivity (Wildman–Crippen MR) is 238 cm³/mol. The van der Waals surface area contributed by atoms with Gasteiger partial charge >= 0.3 is 18.1 Å². The van der Waals surface area contributed by atoms with Gasteiger partial charge in [0.1, 0.15) is 12.4 Å². The highest BCUT2D eigenvalue weighted by Crippen LogP contribution is 2.25. The monoisotopic (exact) mass is 865 g/mol. The number of anilines is 3. The van der Waals surface area contributed by atoms with Crippen LogP contribution in [0.1, 0.15) is 31.4 Å². The molecule has 0 aliphatic rings. The van der Waals surface area contributed by atoms with Gasteiger partial charge in [0.15, 0.2) is 0 Å². The standard InChI is InChI=1S/C41H64N14O7/c1-31(24-61-25-32(2)52-41(58)55-37-12-6-13-38(34(37)4)62-27-43)51-40(57)54-36-11-5-10-35(33(36)3)53-39(56)50-18-8-16-46-28-44-14-7-15-45-29-48-19-22-59-23-20-49-30-47-17-9-21-60-26-42/h5-7,9-14,17,31-32,44-49H,8,15-16,18-25,28-30H2,1-4H3,(H2,50,53,56)(H2,51,54,57)(H2,52,55,58)/b14-7+,17-9+. The molecule has 340 valence electrons. The van der Waals surface area contributed by atoms with Gasteiger partial charge in [-0.15, -0.1) is 5.26 Å². The molecule has 2 rings (SSSR count). The van der Waals surface area contributed by atoms with Gasteiger partial charge in [0, 0.05) is 55.5 Å². The molecule has 12 N–H and O–H groups in total. The van der Waals surface area contributed by atoms with Gasteiger partial charge in [0.05, 0.1) is 51.8 Å². The Hall–Kier alpha value is -6.33. The second kappa shape index (κ2) is 33.4. The summed E-state index contributed by atoms with van der Waals surface area (Å²) in [5, 5.41) is 53.1. The summed E-state index contributed by atoms with van der Waals surface area (Å²) in [5.74, 6) is 0.358. The lowest BCUT2D eigenvalue weighted by molar-refractivity contribution is 0.103. The van der Waals surface area contributed by atoms with Crippen molar-refractivity contribution in [2.24, 2.45) is 0 Å². The summed E-state index contributed by atoms with van der Waals surface area (Å²) in [6, 6.07) is 8.36. The number of nitriles is 2. The van der Waals surface area contributed by atoms with E-state index in [1.165, 1.54) is 0 Å². The third-order valence-electron chi connectivity index (χ3n) is 8.35.